The van der Waals surface area contributed by atoms with Crippen LogP contribution in [0.3, 0.4) is 0 Å². The van der Waals surface area contributed by atoms with Gasteiger partial charge in [-0.05, 0) is 6.92 Å². The number of aliphatic carboxylic acids is 2. The first-order chi connectivity index (χ1) is 8.32. The molecule has 9 heteroatoms. The lowest BCUT2D eigenvalue weighted by Gasteiger charge is -2.15. The van der Waals surface area contributed by atoms with Crippen molar-refractivity contribution < 1.29 is 29.3 Å². The summed E-state index contributed by atoms with van der Waals surface area (Å²) in [5.41, 5.74) is 5.29. The van der Waals surface area contributed by atoms with E-state index in [2.05, 4.69) is 10.6 Å². The number of nitrogens with two attached hydrogens (primary N) is 1. The van der Waals surface area contributed by atoms with Crippen molar-refractivity contribution in [1.82, 2.24) is 10.6 Å². The summed E-state index contributed by atoms with van der Waals surface area (Å²) in [5.74, 6) is -2.97. The van der Waals surface area contributed by atoms with E-state index in [-0.39, 0.29) is 6.54 Å². The Balaban J connectivity index is 2.38. The van der Waals surface area contributed by atoms with Crippen LogP contribution in [-0.2, 0) is 19.1 Å². The summed E-state index contributed by atoms with van der Waals surface area (Å²) in [6.07, 6.45) is -1.69. The molecule has 9 nitrogen and oxygen atoms in total. The first kappa shape index (κ1) is 14.4. The molecule has 102 valence electrons. The van der Waals surface area contributed by atoms with E-state index in [0.717, 1.165) is 0 Å². The normalized spacial score (nSPS) is 25.0. The Hall–Kier alpha value is -1.71. The van der Waals surface area contributed by atoms with Gasteiger partial charge in [0.05, 0.1) is 6.04 Å². The molecule has 0 aromatic heterocycles. The van der Waals surface area contributed by atoms with Gasteiger partial charge in [-0.3, -0.25) is 10.1 Å². The molecule has 0 bridgehead atoms. The maximum atomic E-state index is 11.2. The molecule has 0 aromatic carbocycles. The Bertz CT molecular complexity index is 358. The third kappa shape index (κ3) is 3.95. The molecule has 0 radical (unpaired) electrons. The van der Waals surface area contributed by atoms with Crippen molar-refractivity contribution in [2.75, 3.05) is 6.54 Å². The van der Waals surface area contributed by atoms with Crippen molar-refractivity contribution in [3.05, 3.63) is 0 Å². The second kappa shape index (κ2) is 5.76. The SMILES string of the molecule is C[C@H](N)C(=O)N[C@@H](CN[C@H]1O[C@@H]1C(=O)O)C(=O)O. The van der Waals surface area contributed by atoms with E-state index in [1.807, 2.05) is 0 Å². The number of ether oxygens (including phenoxy) is 1. The molecule has 0 saturated carbocycles. The van der Waals surface area contributed by atoms with Crippen LogP contribution in [0.5, 0.6) is 0 Å². The number of nitrogens with one attached hydrogen (secondary N) is 2. The van der Waals surface area contributed by atoms with Gasteiger partial charge in [0.1, 0.15) is 12.3 Å². The van der Waals surface area contributed by atoms with Crippen molar-refractivity contribution in [2.45, 2.75) is 31.3 Å². The molecule has 0 unspecified atom stereocenters. The maximum Gasteiger partial charge on any atom is 0.337 e. The Morgan fingerprint density at radius 1 is 1.39 bits per heavy atom. The van der Waals surface area contributed by atoms with Crippen LogP contribution in [0.1, 0.15) is 6.92 Å². The molecule has 18 heavy (non-hydrogen) atoms. The Kier molecular flexibility index (Phi) is 4.59. The van der Waals surface area contributed by atoms with Crippen molar-refractivity contribution >= 4 is 17.8 Å². The molecule has 4 atom stereocenters. The standard InChI is InChI=1S/C9H15N3O6/c1-3(10)6(13)12-4(8(14)15)2-11-7-5(18-7)9(16)17/h3-5,7,11H,2,10H2,1H3,(H,12,13)(H,14,15)(H,16,17)/t3-,4-,5-,7-/m0/s1. The molecule has 1 amide bonds. The van der Waals surface area contributed by atoms with Gasteiger partial charge in [-0.25, -0.2) is 9.59 Å². The maximum absolute atomic E-state index is 11.2. The zero-order valence-corrected chi connectivity index (χ0v) is 9.62. The first-order valence-corrected chi connectivity index (χ1v) is 5.23. The van der Waals surface area contributed by atoms with E-state index < -0.39 is 42.3 Å². The van der Waals surface area contributed by atoms with Crippen molar-refractivity contribution in [3.63, 3.8) is 0 Å². The number of rotatable bonds is 7. The Morgan fingerprint density at radius 2 is 2.00 bits per heavy atom. The van der Waals surface area contributed by atoms with E-state index in [9.17, 15) is 14.4 Å². The molecule has 1 fully saturated rings. The molecule has 1 aliphatic rings. The van der Waals surface area contributed by atoms with Gasteiger partial charge in [-0.15, -0.1) is 0 Å². The lowest BCUT2D eigenvalue weighted by molar-refractivity contribution is -0.141. The smallest absolute Gasteiger partial charge is 0.337 e. The lowest BCUT2D eigenvalue weighted by atomic mass is 10.2. The van der Waals surface area contributed by atoms with Gasteiger partial charge in [0.2, 0.25) is 5.91 Å². The summed E-state index contributed by atoms with van der Waals surface area (Å²) < 4.78 is 4.72. The summed E-state index contributed by atoms with van der Waals surface area (Å²) in [5, 5.41) is 22.2. The number of carbonyl (C=O) groups is 3. The summed E-state index contributed by atoms with van der Waals surface area (Å²) in [4.78, 5) is 32.5. The summed E-state index contributed by atoms with van der Waals surface area (Å²) >= 11 is 0. The minimum absolute atomic E-state index is 0.151. The highest BCUT2D eigenvalue weighted by Crippen LogP contribution is 2.18. The highest BCUT2D eigenvalue weighted by molar-refractivity contribution is 5.86. The zero-order chi connectivity index (χ0) is 13.9. The van der Waals surface area contributed by atoms with Gasteiger partial charge in [-0.2, -0.15) is 0 Å². The van der Waals surface area contributed by atoms with Crippen LogP contribution in [-0.4, -0.2) is 59.0 Å². The van der Waals surface area contributed by atoms with Crippen molar-refractivity contribution in [3.8, 4) is 0 Å². The number of carboxylic acids is 2. The van der Waals surface area contributed by atoms with E-state index in [1.54, 1.807) is 0 Å². The summed E-state index contributed by atoms with van der Waals surface area (Å²) in [7, 11) is 0. The molecule has 1 rings (SSSR count). The second-order valence-corrected chi connectivity index (χ2v) is 3.91. The van der Waals surface area contributed by atoms with Gasteiger partial charge >= 0.3 is 11.9 Å². The topological polar surface area (TPSA) is 154 Å². The molecule has 1 aliphatic heterocycles. The molecular formula is C9H15N3O6. The van der Waals surface area contributed by atoms with Crippen molar-refractivity contribution in [2.24, 2.45) is 5.73 Å². The predicted octanol–water partition coefficient (Wildman–Crippen LogP) is -2.70. The number of carbonyl (C=O) groups excluding carboxylic acids is 1. The first-order valence-electron chi connectivity index (χ1n) is 5.23. The van der Waals surface area contributed by atoms with Gasteiger partial charge in [0.15, 0.2) is 6.10 Å². The third-order valence-corrected chi connectivity index (χ3v) is 2.29. The molecular weight excluding hydrogens is 246 g/mol. The zero-order valence-electron chi connectivity index (χ0n) is 9.62. The average molecular weight is 261 g/mol. The molecule has 1 heterocycles. The number of hydrogen-bond donors (Lipinski definition) is 5. The van der Waals surface area contributed by atoms with Crippen LogP contribution >= 0.6 is 0 Å². The van der Waals surface area contributed by atoms with Crippen LogP contribution < -0.4 is 16.4 Å². The van der Waals surface area contributed by atoms with E-state index in [4.69, 9.17) is 20.7 Å². The van der Waals surface area contributed by atoms with Gasteiger partial charge in [0, 0.05) is 6.54 Å². The van der Waals surface area contributed by atoms with Gasteiger partial charge < -0.3 is 26.0 Å². The minimum atomic E-state index is -1.25. The lowest BCUT2D eigenvalue weighted by Crippen LogP contribution is -2.52. The van der Waals surface area contributed by atoms with E-state index in [0.29, 0.717) is 0 Å². The molecule has 0 spiro atoms. The molecule has 0 aliphatic carbocycles. The summed E-state index contributed by atoms with van der Waals surface area (Å²) in [6.45, 7) is 1.27. The highest BCUT2D eigenvalue weighted by atomic mass is 16.6. The highest BCUT2D eigenvalue weighted by Gasteiger charge is 2.45. The van der Waals surface area contributed by atoms with Crippen LogP contribution in [0.15, 0.2) is 0 Å². The average Bonchev–Trinajstić information content (AvgIpc) is 3.02. The third-order valence-electron chi connectivity index (χ3n) is 2.29. The number of carboxylic acid groups (broad SMARTS) is 2. The van der Waals surface area contributed by atoms with E-state index >= 15 is 0 Å². The van der Waals surface area contributed by atoms with Crippen LogP contribution in [0, 0.1) is 0 Å². The van der Waals surface area contributed by atoms with Crippen LogP contribution in [0.4, 0.5) is 0 Å². The summed E-state index contributed by atoms with van der Waals surface area (Å²) in [6, 6.07) is -2.02. The fourth-order valence-corrected chi connectivity index (χ4v) is 1.19. The fourth-order valence-electron chi connectivity index (χ4n) is 1.19. The molecule has 6 N–H and O–H groups in total. The largest absolute Gasteiger partial charge is 0.480 e. The fraction of sp³-hybridized carbons (Fsp3) is 0.667. The predicted molar refractivity (Wildman–Crippen MR) is 57.5 cm³/mol. The minimum Gasteiger partial charge on any atom is -0.480 e. The van der Waals surface area contributed by atoms with E-state index in [1.165, 1.54) is 6.92 Å². The Morgan fingerprint density at radius 3 is 2.39 bits per heavy atom. The van der Waals surface area contributed by atoms with Crippen LogP contribution in [0.25, 0.3) is 0 Å². The number of amides is 1. The number of hydrogen-bond acceptors (Lipinski definition) is 6. The molecule has 1 saturated heterocycles. The van der Waals surface area contributed by atoms with Crippen LogP contribution in [0.2, 0.25) is 0 Å². The monoisotopic (exact) mass is 261 g/mol. The quantitative estimate of drug-likeness (QED) is 0.310. The van der Waals surface area contributed by atoms with Crippen molar-refractivity contribution in [1.29, 1.82) is 0 Å². The van der Waals surface area contributed by atoms with Gasteiger partial charge in [-0.1, -0.05) is 0 Å². The van der Waals surface area contributed by atoms with Gasteiger partial charge in [0.25, 0.3) is 0 Å². The molecule has 0 aromatic rings. The number of epoxide rings is 1. The Labute approximate surface area is 102 Å². The second-order valence-electron chi connectivity index (χ2n) is 3.91.